The SMILES string of the molecule is CC/C=C\C/C=C\C/C=C\C/C=C\C/C=C\C/C=C\CCCCCCC(=O)SCCNC(=O)CCNC(=O)[C@H](O)C(C)(C)COP(=O)([O-])OP(=O)([O-])OC[C@H]1O[C@@H](n2cnc3c(N)ncnc32)[C@H](O)[C@@H]1OP(=O)([O-])[O-]. The van der Waals surface area contributed by atoms with Gasteiger partial charge in [0.05, 0.1) is 27.4 Å². The Labute approximate surface area is 441 Å². The van der Waals surface area contributed by atoms with Gasteiger partial charge in [0.2, 0.25) is 11.8 Å². The predicted molar refractivity (Wildman–Crippen MR) is 274 cm³/mol. The smallest absolute Gasteiger partial charge is 0.274 e. The maximum Gasteiger partial charge on any atom is 0.274 e. The van der Waals surface area contributed by atoms with Crippen LogP contribution >= 0.6 is 35.2 Å². The molecule has 0 aliphatic carbocycles. The molecule has 2 aromatic heterocycles. The number of rotatable bonds is 37. The lowest BCUT2D eigenvalue weighted by molar-refractivity contribution is -0.347. The lowest BCUT2D eigenvalue weighted by Crippen LogP contribution is -2.46. The number of nitrogen functional groups attached to an aromatic ring is 1. The predicted octanol–water partition coefficient (Wildman–Crippen LogP) is 4.18. The number of carbonyl (C=O) groups is 3. The number of imidazole rings is 1. The standard InChI is InChI=1S/C47H74N7O17P3S/c1-4-5-6-7-8-9-10-11-12-13-14-15-16-17-18-19-20-21-22-23-24-25-26-27-38(56)75-31-30-49-37(55)28-29-50-45(59)42(58)47(2,3)33-68-74(65,66)71-73(63,64)67-32-36-41(70-72(60,61)62)40(57)46(69-36)54-35-53-39-43(48)51-34-52-44(39)54/h5-6,8-9,11-12,14-15,17-18,20-21,34-36,40-42,46,57-58H,4,7,10,13,16,19,22-33H2,1-3H3,(H,49,55)(H,50,59)(H,63,64)(H,65,66)(H2,48,51,52)(H2,60,61,62)/p-4/b6-5-,9-8-,12-11-,15-14-,18-17-,21-20-/t36-,40-,41-,42+,46-/m1/s1. The number of fused-ring (bicyclic) bond motifs is 1. The zero-order chi connectivity index (χ0) is 55.3. The lowest BCUT2D eigenvalue weighted by Gasteiger charge is -2.36. The summed E-state index contributed by atoms with van der Waals surface area (Å²) in [7, 11) is -17.6. The number of hydrogen-bond donors (Lipinski definition) is 5. The number of ether oxygens (including phenoxy) is 1. The first-order valence-electron chi connectivity index (χ1n) is 24.4. The van der Waals surface area contributed by atoms with Crippen molar-refractivity contribution in [2.24, 2.45) is 5.41 Å². The Morgan fingerprint density at radius 3 is 2.03 bits per heavy atom. The minimum atomic E-state index is -5.93. The normalized spacial score (nSPS) is 19.9. The highest BCUT2D eigenvalue weighted by atomic mass is 32.2. The van der Waals surface area contributed by atoms with Crippen LogP contribution in [0.3, 0.4) is 0 Å². The number of nitrogens with two attached hydrogens (primary N) is 1. The Morgan fingerprint density at radius 1 is 0.827 bits per heavy atom. The third-order valence-corrected chi connectivity index (χ3v) is 14.8. The molecular weight excluding hydrogens is 1060 g/mol. The molecule has 1 fully saturated rings. The molecule has 2 unspecified atom stereocenters. The molecule has 420 valence electrons. The van der Waals surface area contributed by atoms with Gasteiger partial charge in [-0.2, -0.15) is 0 Å². The second-order valence-electron chi connectivity index (χ2n) is 17.6. The number of nitrogens with zero attached hydrogens (tertiary/aromatic N) is 4. The maximum atomic E-state index is 12.7. The van der Waals surface area contributed by atoms with Gasteiger partial charge in [-0.3, -0.25) is 28.1 Å². The van der Waals surface area contributed by atoms with Crippen LogP contribution in [0.5, 0.6) is 0 Å². The molecule has 3 heterocycles. The second kappa shape index (κ2) is 34.0. The molecule has 0 saturated carbocycles. The quantitative estimate of drug-likeness (QED) is 0.0360. The summed E-state index contributed by atoms with van der Waals surface area (Å²) in [4.78, 5) is 97.1. The van der Waals surface area contributed by atoms with Gasteiger partial charge in [-0.1, -0.05) is 118 Å². The first-order valence-corrected chi connectivity index (χ1v) is 29.8. The van der Waals surface area contributed by atoms with Gasteiger partial charge >= 0.3 is 0 Å². The summed E-state index contributed by atoms with van der Waals surface area (Å²) in [5.74, 6) is -1.18. The summed E-state index contributed by atoms with van der Waals surface area (Å²) in [6.45, 7) is 2.26. The van der Waals surface area contributed by atoms with Crippen molar-refractivity contribution >= 4 is 69.1 Å². The number of unbranched alkanes of at least 4 members (excludes halogenated alkanes) is 4. The monoisotopic (exact) mass is 1130 g/mol. The van der Waals surface area contributed by atoms with E-state index in [1.807, 2.05) is 0 Å². The van der Waals surface area contributed by atoms with Crippen molar-refractivity contribution in [3.05, 3.63) is 85.6 Å². The Kier molecular flexibility index (Phi) is 29.6. The van der Waals surface area contributed by atoms with Crippen molar-refractivity contribution in [2.75, 3.05) is 37.8 Å². The van der Waals surface area contributed by atoms with Crippen molar-refractivity contribution < 1.29 is 80.5 Å². The Bertz CT molecular complexity index is 2430. The fraction of sp³-hybridized carbons (Fsp3) is 0.574. The number of carbonyl (C=O) groups excluding carboxylic acids is 3. The fourth-order valence-electron chi connectivity index (χ4n) is 6.87. The van der Waals surface area contributed by atoms with Crippen molar-refractivity contribution in [3.8, 4) is 0 Å². The number of thioether (sulfide) groups is 1. The first-order chi connectivity index (χ1) is 35.6. The number of aliphatic hydroxyl groups excluding tert-OH is 2. The molecule has 0 bridgehead atoms. The number of amides is 2. The average Bonchev–Trinajstić information content (AvgIpc) is 3.91. The molecule has 0 radical (unpaired) electrons. The summed E-state index contributed by atoms with van der Waals surface area (Å²) >= 11 is 1.12. The number of aliphatic hydroxyl groups is 2. The number of phosphoric ester groups is 3. The first kappa shape index (κ1) is 65.3. The summed E-state index contributed by atoms with van der Waals surface area (Å²) in [6, 6.07) is 0. The molecular formula is C47H70N7O17P3S-4. The van der Waals surface area contributed by atoms with Crippen LogP contribution in [0.25, 0.3) is 11.2 Å². The van der Waals surface area contributed by atoms with E-state index in [4.69, 9.17) is 10.5 Å². The largest absolute Gasteiger partial charge is 0.790 e. The van der Waals surface area contributed by atoms with Crippen molar-refractivity contribution in [1.82, 2.24) is 30.2 Å². The Balaban J connectivity index is 1.24. The summed E-state index contributed by atoms with van der Waals surface area (Å²) in [5, 5.41) is 26.5. The summed E-state index contributed by atoms with van der Waals surface area (Å²) in [5.41, 5.74) is 4.08. The van der Waals surface area contributed by atoms with E-state index in [1.54, 1.807) is 0 Å². The molecule has 24 nitrogen and oxygen atoms in total. The molecule has 75 heavy (non-hydrogen) atoms. The van der Waals surface area contributed by atoms with Gasteiger partial charge in [0.1, 0.15) is 36.3 Å². The average molecular weight is 1130 g/mol. The van der Waals surface area contributed by atoms with Gasteiger partial charge in [-0.05, 0) is 57.8 Å². The van der Waals surface area contributed by atoms with E-state index < -0.39 is 84.6 Å². The number of phosphoric acid groups is 3. The van der Waals surface area contributed by atoms with Crippen LogP contribution < -0.4 is 35.9 Å². The molecule has 2 amide bonds. The minimum Gasteiger partial charge on any atom is -0.790 e. The molecule has 1 aliphatic rings. The van der Waals surface area contributed by atoms with E-state index in [2.05, 4.69) is 123 Å². The summed E-state index contributed by atoms with van der Waals surface area (Å²) in [6.07, 6.45) is 29.6. The van der Waals surface area contributed by atoms with Crippen molar-refractivity contribution in [3.63, 3.8) is 0 Å². The van der Waals surface area contributed by atoms with Crippen LogP contribution in [-0.4, -0.2) is 103 Å². The van der Waals surface area contributed by atoms with Gasteiger partial charge in [-0.15, -0.1) is 0 Å². The van der Waals surface area contributed by atoms with Crippen LogP contribution in [0.1, 0.15) is 110 Å². The van der Waals surface area contributed by atoms with Crippen LogP contribution in [0, 0.1) is 5.41 Å². The third-order valence-electron chi connectivity index (χ3n) is 10.8. The highest BCUT2D eigenvalue weighted by molar-refractivity contribution is 8.13. The molecule has 0 spiro atoms. The molecule has 2 aromatic rings. The van der Waals surface area contributed by atoms with Gasteiger partial charge in [0.25, 0.3) is 15.6 Å². The van der Waals surface area contributed by atoms with Crippen LogP contribution in [-0.2, 0) is 50.7 Å². The van der Waals surface area contributed by atoms with Gasteiger partial charge in [-0.25, -0.2) is 19.3 Å². The highest BCUT2D eigenvalue weighted by Gasteiger charge is 2.47. The van der Waals surface area contributed by atoms with Crippen molar-refractivity contribution in [1.29, 1.82) is 0 Å². The van der Waals surface area contributed by atoms with E-state index in [1.165, 1.54) is 13.8 Å². The van der Waals surface area contributed by atoms with Crippen LogP contribution in [0.4, 0.5) is 5.82 Å². The lowest BCUT2D eigenvalue weighted by atomic mass is 9.87. The second-order valence-corrected chi connectivity index (χ2v) is 22.8. The summed E-state index contributed by atoms with van der Waals surface area (Å²) < 4.78 is 60.9. The highest BCUT2D eigenvalue weighted by Crippen LogP contribution is 2.56. The number of allylic oxidation sites excluding steroid dienone is 12. The number of nitrogens with one attached hydrogen (secondary N) is 2. The van der Waals surface area contributed by atoms with E-state index >= 15 is 0 Å². The zero-order valence-corrected chi connectivity index (χ0v) is 45.8. The van der Waals surface area contributed by atoms with Crippen molar-refractivity contribution in [2.45, 2.75) is 135 Å². The topological polar surface area (TPSA) is 375 Å². The van der Waals surface area contributed by atoms with E-state index in [9.17, 15) is 57.9 Å². The third kappa shape index (κ3) is 26.3. The van der Waals surface area contributed by atoms with Gasteiger partial charge in [0.15, 0.2) is 22.8 Å². The molecule has 3 rings (SSSR count). The number of hydrogen-bond acceptors (Lipinski definition) is 22. The van der Waals surface area contributed by atoms with E-state index in [0.29, 0.717) is 12.2 Å². The molecule has 7 atom stereocenters. The fourth-order valence-corrected chi connectivity index (χ4v) is 10.3. The van der Waals surface area contributed by atoms with E-state index in [0.717, 1.165) is 99.6 Å². The molecule has 28 heteroatoms. The van der Waals surface area contributed by atoms with Crippen LogP contribution in [0.2, 0.25) is 0 Å². The Hall–Kier alpha value is -4.00. The van der Waals surface area contributed by atoms with Gasteiger partial charge in [0, 0.05) is 37.1 Å². The zero-order valence-electron chi connectivity index (χ0n) is 42.3. The molecule has 0 aromatic carbocycles. The maximum absolute atomic E-state index is 12.7. The van der Waals surface area contributed by atoms with E-state index in [-0.39, 0.29) is 41.6 Å². The number of anilines is 1. The molecule has 6 N–H and O–H groups in total. The number of aromatic nitrogens is 4. The van der Waals surface area contributed by atoms with Gasteiger partial charge < -0.3 is 69.0 Å². The molecule has 1 saturated heterocycles. The minimum absolute atomic E-state index is 0.0213. The Morgan fingerprint density at radius 2 is 1.41 bits per heavy atom. The molecule has 1 aliphatic heterocycles. The van der Waals surface area contributed by atoms with Crippen LogP contribution in [0.15, 0.2) is 85.6 Å².